The topological polar surface area (TPSA) is 112 Å². The van der Waals surface area contributed by atoms with Gasteiger partial charge in [-0.05, 0) is 33.6 Å². The molecule has 0 aliphatic carbocycles. The van der Waals surface area contributed by atoms with E-state index in [4.69, 9.17) is 14.3 Å². The van der Waals surface area contributed by atoms with E-state index in [1.807, 2.05) is 13.8 Å². The standard InChI is InChI=1S/C13H22N2O5S/c1-9(2)19-7-5-4-6-15-13(16)11-8-12(10(3)20-11)21(14,17)18/h8-9H,4-7H2,1-3H3,(H,15,16)(H2,14,17,18). The second kappa shape index (κ2) is 7.58. The van der Waals surface area contributed by atoms with Gasteiger partial charge in [0.1, 0.15) is 10.7 Å². The summed E-state index contributed by atoms with van der Waals surface area (Å²) in [6, 6.07) is 1.14. The van der Waals surface area contributed by atoms with Gasteiger partial charge in [0.05, 0.1) is 6.10 Å². The van der Waals surface area contributed by atoms with E-state index < -0.39 is 15.9 Å². The lowest BCUT2D eigenvalue weighted by Crippen LogP contribution is -2.24. The zero-order chi connectivity index (χ0) is 16.0. The number of aryl methyl sites for hydroxylation is 1. The number of carbonyl (C=O) groups excluding carboxylic acids is 1. The number of ether oxygens (including phenoxy) is 1. The fourth-order valence-corrected chi connectivity index (χ4v) is 2.41. The minimum atomic E-state index is -3.88. The normalized spacial score (nSPS) is 11.9. The third kappa shape index (κ3) is 5.86. The van der Waals surface area contributed by atoms with Crippen LogP contribution in [0.3, 0.4) is 0 Å². The molecule has 0 atom stereocenters. The summed E-state index contributed by atoms with van der Waals surface area (Å²) in [6.07, 6.45) is 1.79. The monoisotopic (exact) mass is 318 g/mol. The zero-order valence-electron chi connectivity index (χ0n) is 12.5. The van der Waals surface area contributed by atoms with Crippen molar-refractivity contribution in [1.82, 2.24) is 5.32 Å². The van der Waals surface area contributed by atoms with E-state index in [0.717, 1.165) is 18.9 Å². The summed E-state index contributed by atoms with van der Waals surface area (Å²) in [4.78, 5) is 11.6. The van der Waals surface area contributed by atoms with Crippen molar-refractivity contribution >= 4 is 15.9 Å². The second-order valence-electron chi connectivity index (χ2n) is 4.96. The number of rotatable bonds is 8. The van der Waals surface area contributed by atoms with Crippen LogP contribution in [0.25, 0.3) is 0 Å². The smallest absolute Gasteiger partial charge is 0.287 e. The Morgan fingerprint density at radius 3 is 2.62 bits per heavy atom. The van der Waals surface area contributed by atoms with Crippen LogP contribution < -0.4 is 10.5 Å². The van der Waals surface area contributed by atoms with Crippen molar-refractivity contribution in [3.63, 3.8) is 0 Å². The van der Waals surface area contributed by atoms with Crippen molar-refractivity contribution in [2.45, 2.75) is 44.6 Å². The molecule has 0 fully saturated rings. The molecule has 7 nitrogen and oxygen atoms in total. The lowest BCUT2D eigenvalue weighted by Gasteiger charge is -2.07. The summed E-state index contributed by atoms with van der Waals surface area (Å²) >= 11 is 0. The minimum absolute atomic E-state index is 0.0602. The summed E-state index contributed by atoms with van der Waals surface area (Å²) in [5, 5.41) is 7.67. The molecule has 1 aromatic rings. The van der Waals surface area contributed by atoms with Crippen LogP contribution in [0.2, 0.25) is 0 Å². The van der Waals surface area contributed by atoms with Crippen LogP contribution in [0.4, 0.5) is 0 Å². The number of furan rings is 1. The van der Waals surface area contributed by atoms with Crippen molar-refractivity contribution in [1.29, 1.82) is 0 Å². The molecular weight excluding hydrogens is 296 g/mol. The molecule has 8 heteroatoms. The molecule has 120 valence electrons. The lowest BCUT2D eigenvalue weighted by molar-refractivity contribution is 0.0753. The van der Waals surface area contributed by atoms with Gasteiger partial charge in [-0.15, -0.1) is 0 Å². The number of carbonyl (C=O) groups is 1. The van der Waals surface area contributed by atoms with E-state index in [2.05, 4.69) is 5.32 Å². The molecule has 3 N–H and O–H groups in total. The van der Waals surface area contributed by atoms with Crippen LogP contribution >= 0.6 is 0 Å². The fourth-order valence-electron chi connectivity index (χ4n) is 1.69. The Morgan fingerprint density at radius 2 is 2.10 bits per heavy atom. The molecule has 1 heterocycles. The third-order valence-corrected chi connectivity index (χ3v) is 3.73. The summed E-state index contributed by atoms with van der Waals surface area (Å²) in [5.74, 6) is -0.416. The van der Waals surface area contributed by atoms with Crippen molar-refractivity contribution < 1.29 is 22.4 Å². The highest BCUT2D eigenvalue weighted by Gasteiger charge is 2.20. The van der Waals surface area contributed by atoms with Gasteiger partial charge in [-0.25, -0.2) is 13.6 Å². The van der Waals surface area contributed by atoms with Crippen LogP contribution in [-0.4, -0.2) is 33.6 Å². The van der Waals surface area contributed by atoms with Gasteiger partial charge < -0.3 is 14.5 Å². The highest BCUT2D eigenvalue weighted by atomic mass is 32.2. The molecule has 0 spiro atoms. The molecule has 21 heavy (non-hydrogen) atoms. The quantitative estimate of drug-likeness (QED) is 0.699. The van der Waals surface area contributed by atoms with Crippen LogP contribution in [0.1, 0.15) is 43.0 Å². The molecule has 1 amide bonds. The number of nitrogens with one attached hydrogen (secondary N) is 1. The number of amides is 1. The number of primary sulfonamides is 1. The molecule has 0 aliphatic rings. The van der Waals surface area contributed by atoms with E-state index in [9.17, 15) is 13.2 Å². The van der Waals surface area contributed by atoms with Gasteiger partial charge in [0.2, 0.25) is 10.0 Å². The Hall–Kier alpha value is -1.38. The Bertz CT molecular complexity index is 577. The van der Waals surface area contributed by atoms with Gasteiger partial charge in [0.15, 0.2) is 5.76 Å². The van der Waals surface area contributed by atoms with Gasteiger partial charge in [-0.3, -0.25) is 4.79 Å². The summed E-state index contributed by atoms with van der Waals surface area (Å²) < 4.78 is 33.0. The Morgan fingerprint density at radius 1 is 1.43 bits per heavy atom. The van der Waals surface area contributed by atoms with E-state index in [1.54, 1.807) is 0 Å². The highest BCUT2D eigenvalue weighted by Crippen LogP contribution is 2.18. The molecule has 0 saturated carbocycles. The number of hydrogen-bond acceptors (Lipinski definition) is 5. The molecule has 1 rings (SSSR count). The van der Waals surface area contributed by atoms with Crippen molar-refractivity contribution in [2.24, 2.45) is 5.14 Å². The fraction of sp³-hybridized carbons (Fsp3) is 0.615. The predicted octanol–water partition coefficient (Wildman–Crippen LogP) is 1.17. The molecular formula is C13H22N2O5S. The molecule has 0 radical (unpaired) electrons. The SMILES string of the molecule is Cc1oc(C(=O)NCCCCOC(C)C)cc1S(N)(=O)=O. The maximum absolute atomic E-state index is 11.8. The van der Waals surface area contributed by atoms with Crippen LogP contribution in [0.15, 0.2) is 15.4 Å². The number of unbranched alkanes of at least 4 members (excludes halogenated alkanes) is 1. The molecule has 1 aromatic heterocycles. The zero-order valence-corrected chi connectivity index (χ0v) is 13.3. The number of sulfonamides is 1. The lowest BCUT2D eigenvalue weighted by atomic mass is 10.3. The highest BCUT2D eigenvalue weighted by molar-refractivity contribution is 7.89. The largest absolute Gasteiger partial charge is 0.455 e. The summed E-state index contributed by atoms with van der Waals surface area (Å²) in [7, 11) is -3.88. The molecule has 0 aromatic carbocycles. The van der Waals surface area contributed by atoms with Gasteiger partial charge in [-0.2, -0.15) is 0 Å². The van der Waals surface area contributed by atoms with E-state index in [0.29, 0.717) is 13.2 Å². The molecule has 0 aliphatic heterocycles. The summed E-state index contributed by atoms with van der Waals surface area (Å²) in [6.45, 7) is 6.47. The maximum atomic E-state index is 11.8. The van der Waals surface area contributed by atoms with Crippen LogP contribution in [-0.2, 0) is 14.8 Å². The average molecular weight is 318 g/mol. The second-order valence-corrected chi connectivity index (χ2v) is 6.49. The van der Waals surface area contributed by atoms with E-state index in [1.165, 1.54) is 6.92 Å². The minimum Gasteiger partial charge on any atom is -0.455 e. The Balaban J connectivity index is 2.43. The van der Waals surface area contributed by atoms with E-state index in [-0.39, 0.29) is 22.5 Å². The van der Waals surface area contributed by atoms with Gasteiger partial charge >= 0.3 is 0 Å². The maximum Gasteiger partial charge on any atom is 0.287 e. The third-order valence-electron chi connectivity index (χ3n) is 2.71. The van der Waals surface area contributed by atoms with Gasteiger partial charge in [0.25, 0.3) is 5.91 Å². The first kappa shape index (κ1) is 17.7. The number of hydrogen-bond donors (Lipinski definition) is 2. The van der Waals surface area contributed by atoms with Crippen molar-refractivity contribution in [3.05, 3.63) is 17.6 Å². The Labute approximate surface area is 124 Å². The Kier molecular flexibility index (Phi) is 6.38. The first-order valence-electron chi connectivity index (χ1n) is 6.75. The average Bonchev–Trinajstić information content (AvgIpc) is 2.75. The van der Waals surface area contributed by atoms with Crippen molar-refractivity contribution in [3.8, 4) is 0 Å². The van der Waals surface area contributed by atoms with Gasteiger partial charge in [-0.1, -0.05) is 0 Å². The van der Waals surface area contributed by atoms with Crippen LogP contribution in [0.5, 0.6) is 0 Å². The first-order chi connectivity index (χ1) is 9.71. The van der Waals surface area contributed by atoms with E-state index >= 15 is 0 Å². The molecule has 0 saturated heterocycles. The van der Waals surface area contributed by atoms with Crippen molar-refractivity contribution in [2.75, 3.05) is 13.2 Å². The molecule has 0 unspecified atom stereocenters. The van der Waals surface area contributed by atoms with Gasteiger partial charge in [0, 0.05) is 19.2 Å². The predicted molar refractivity (Wildman–Crippen MR) is 77.5 cm³/mol. The summed E-state index contributed by atoms with van der Waals surface area (Å²) in [5.41, 5.74) is 0. The van der Waals surface area contributed by atoms with Crippen LogP contribution in [0, 0.1) is 6.92 Å². The molecule has 0 bridgehead atoms. The number of nitrogens with two attached hydrogens (primary N) is 1. The first-order valence-corrected chi connectivity index (χ1v) is 8.29.